The maximum atomic E-state index is 10.4. The van der Waals surface area contributed by atoms with E-state index in [-0.39, 0.29) is 0 Å². The van der Waals surface area contributed by atoms with Crippen molar-refractivity contribution in [3.8, 4) is 0 Å². The van der Waals surface area contributed by atoms with Crippen molar-refractivity contribution in [3.63, 3.8) is 0 Å². The first-order chi connectivity index (χ1) is 17.1. The van der Waals surface area contributed by atoms with Crippen LogP contribution >= 0.6 is 0 Å². The van der Waals surface area contributed by atoms with Crippen LogP contribution in [0.15, 0.2) is 23.9 Å². The van der Waals surface area contributed by atoms with Crippen LogP contribution in [0.2, 0.25) is 0 Å². The lowest BCUT2D eigenvalue weighted by Gasteiger charge is -2.17. The van der Waals surface area contributed by atoms with Gasteiger partial charge in [0.1, 0.15) is 11.5 Å². The number of allylic oxidation sites excluding steroid dienone is 2. The van der Waals surface area contributed by atoms with Crippen LogP contribution in [-0.2, 0) is 0 Å². The Kier molecular flexibility index (Phi) is 26.6. The highest BCUT2D eigenvalue weighted by molar-refractivity contribution is 4.99. The molecule has 0 amide bonds. The Balaban J connectivity index is 4.14. The summed E-state index contributed by atoms with van der Waals surface area (Å²) in [6, 6.07) is 0. The maximum absolute atomic E-state index is 10.4. The van der Waals surface area contributed by atoms with Gasteiger partial charge < -0.3 is 15.1 Å². The molecule has 0 saturated heterocycles. The summed E-state index contributed by atoms with van der Waals surface area (Å²) < 4.78 is 0. The largest absolute Gasteiger partial charge is 0.511 e. The minimum Gasteiger partial charge on any atom is -0.511 e. The lowest BCUT2D eigenvalue weighted by atomic mass is 10.0. The number of rotatable bonds is 27. The van der Waals surface area contributed by atoms with E-state index in [4.69, 9.17) is 0 Å². The molecule has 35 heavy (non-hydrogen) atoms. The lowest BCUT2D eigenvalue weighted by molar-refractivity contribution is 0.334. The molecule has 0 bridgehead atoms. The fourth-order valence-corrected chi connectivity index (χ4v) is 4.63. The van der Waals surface area contributed by atoms with Gasteiger partial charge in [-0.25, -0.2) is 0 Å². The predicted molar refractivity (Wildman–Crippen MR) is 156 cm³/mol. The van der Waals surface area contributed by atoms with E-state index >= 15 is 0 Å². The quantitative estimate of drug-likeness (QED) is 0.0883. The molecule has 0 aromatic carbocycles. The molecule has 208 valence electrons. The minimum atomic E-state index is 0.446. The van der Waals surface area contributed by atoms with Crippen LogP contribution in [0.25, 0.3) is 0 Å². The van der Waals surface area contributed by atoms with Gasteiger partial charge in [0, 0.05) is 31.8 Å². The van der Waals surface area contributed by atoms with Crippen molar-refractivity contribution >= 4 is 0 Å². The highest BCUT2D eigenvalue weighted by Crippen LogP contribution is 2.15. The second-order valence-electron chi connectivity index (χ2n) is 10.7. The molecule has 0 aromatic rings. The van der Waals surface area contributed by atoms with Crippen molar-refractivity contribution < 1.29 is 10.2 Å². The van der Waals surface area contributed by atoms with Gasteiger partial charge in [0.25, 0.3) is 0 Å². The van der Waals surface area contributed by atoms with E-state index in [1.165, 1.54) is 122 Å². The van der Waals surface area contributed by atoms with E-state index in [1.807, 2.05) is 17.3 Å². The summed E-state index contributed by atoms with van der Waals surface area (Å²) in [6.45, 7) is 7.58. The molecule has 0 aromatic heterocycles. The Morgan fingerprint density at radius 1 is 0.429 bits per heavy atom. The molecule has 0 atom stereocenters. The van der Waals surface area contributed by atoms with E-state index < -0.39 is 0 Å². The third-order valence-corrected chi connectivity index (χ3v) is 6.97. The Labute approximate surface area is 220 Å². The number of hydrogen-bond acceptors (Lipinski definition) is 3. The van der Waals surface area contributed by atoms with Crippen molar-refractivity contribution in [2.45, 2.75) is 175 Å². The molecule has 0 aliphatic heterocycles. The average molecular weight is 494 g/mol. The van der Waals surface area contributed by atoms with Gasteiger partial charge in [-0.1, -0.05) is 143 Å². The average Bonchev–Trinajstić information content (AvgIpc) is 2.84. The van der Waals surface area contributed by atoms with Crippen LogP contribution in [0, 0.1) is 0 Å². The topological polar surface area (TPSA) is 43.7 Å². The summed E-state index contributed by atoms with van der Waals surface area (Å²) in [6.07, 6.45) is 33.5. The monoisotopic (exact) mass is 493 g/mol. The fraction of sp³-hybridized carbons (Fsp3) is 0.875. The van der Waals surface area contributed by atoms with Gasteiger partial charge in [0.2, 0.25) is 0 Å². The van der Waals surface area contributed by atoms with Crippen LogP contribution < -0.4 is 0 Å². The molecule has 2 N–H and O–H groups in total. The van der Waals surface area contributed by atoms with Crippen molar-refractivity contribution in [1.82, 2.24) is 4.90 Å². The highest BCUT2D eigenvalue weighted by Gasteiger charge is 2.04. The summed E-state index contributed by atoms with van der Waals surface area (Å²) in [7, 11) is 0. The zero-order valence-corrected chi connectivity index (χ0v) is 24.2. The summed E-state index contributed by atoms with van der Waals surface area (Å²) in [5, 5.41) is 20.8. The number of hydrogen-bond donors (Lipinski definition) is 2. The molecular weight excluding hydrogens is 430 g/mol. The standard InChI is InChI=1S/C32H63NO2/c1-4-7-10-13-14-15-16-17-18-19-20-21-22-25-28-33(29-31(34)26-23-11-8-5-2)30-32(35)27-24-12-9-6-3/h29-30,34-35H,4-28H2,1-3H3. The number of nitrogens with zero attached hydrogens (tertiary/aromatic N) is 1. The maximum Gasteiger partial charge on any atom is 0.108 e. The van der Waals surface area contributed by atoms with Crippen LogP contribution in [-0.4, -0.2) is 21.7 Å². The van der Waals surface area contributed by atoms with Crippen molar-refractivity contribution in [2.24, 2.45) is 0 Å². The Morgan fingerprint density at radius 3 is 1.06 bits per heavy atom. The van der Waals surface area contributed by atoms with Gasteiger partial charge in [0.05, 0.1) is 0 Å². The zero-order chi connectivity index (χ0) is 25.8. The molecule has 3 nitrogen and oxygen atoms in total. The van der Waals surface area contributed by atoms with E-state index in [0.29, 0.717) is 11.5 Å². The second kappa shape index (κ2) is 27.5. The SMILES string of the molecule is CCCCCCCCCCCCCCCCN(C=C(O)CCCCCC)C=C(O)CCCCCC. The first-order valence-corrected chi connectivity index (χ1v) is 15.7. The van der Waals surface area contributed by atoms with Gasteiger partial charge in [-0.15, -0.1) is 0 Å². The smallest absolute Gasteiger partial charge is 0.108 e. The Bertz CT molecular complexity index is 458. The first kappa shape index (κ1) is 33.9. The molecule has 3 heteroatoms. The molecule has 0 aliphatic carbocycles. The van der Waals surface area contributed by atoms with Crippen LogP contribution in [0.5, 0.6) is 0 Å². The van der Waals surface area contributed by atoms with E-state index in [2.05, 4.69) is 20.8 Å². The van der Waals surface area contributed by atoms with E-state index in [0.717, 1.165) is 38.6 Å². The van der Waals surface area contributed by atoms with E-state index in [1.54, 1.807) is 0 Å². The lowest BCUT2D eigenvalue weighted by Crippen LogP contribution is -2.14. The normalized spacial score (nSPS) is 12.4. The molecule has 0 saturated carbocycles. The summed E-state index contributed by atoms with van der Waals surface area (Å²) in [5.41, 5.74) is 0. The Hall–Kier alpha value is -1.12. The van der Waals surface area contributed by atoms with Gasteiger partial charge in [0.15, 0.2) is 0 Å². The van der Waals surface area contributed by atoms with Gasteiger partial charge in [-0.05, 0) is 19.3 Å². The summed E-state index contributed by atoms with van der Waals surface area (Å²) in [4.78, 5) is 2.03. The Morgan fingerprint density at radius 2 is 0.714 bits per heavy atom. The number of aliphatic hydroxyl groups excluding tert-OH is 2. The molecule has 0 unspecified atom stereocenters. The van der Waals surface area contributed by atoms with Gasteiger partial charge in [-0.3, -0.25) is 0 Å². The van der Waals surface area contributed by atoms with Gasteiger partial charge >= 0.3 is 0 Å². The molecule has 0 heterocycles. The first-order valence-electron chi connectivity index (χ1n) is 15.7. The van der Waals surface area contributed by atoms with Crippen molar-refractivity contribution in [3.05, 3.63) is 23.9 Å². The van der Waals surface area contributed by atoms with E-state index in [9.17, 15) is 10.2 Å². The summed E-state index contributed by atoms with van der Waals surface area (Å²) in [5.74, 6) is 0.892. The van der Waals surface area contributed by atoms with Crippen LogP contribution in [0.1, 0.15) is 175 Å². The second-order valence-corrected chi connectivity index (χ2v) is 10.7. The van der Waals surface area contributed by atoms with Crippen LogP contribution in [0.4, 0.5) is 0 Å². The zero-order valence-electron chi connectivity index (χ0n) is 24.2. The third kappa shape index (κ3) is 25.8. The predicted octanol–water partition coefficient (Wildman–Crippen LogP) is 11.5. The number of unbranched alkanes of at least 4 members (excludes halogenated alkanes) is 19. The molecule has 0 spiro atoms. The molecule has 0 fully saturated rings. The molecular formula is C32H63NO2. The van der Waals surface area contributed by atoms with Crippen molar-refractivity contribution in [2.75, 3.05) is 6.54 Å². The summed E-state index contributed by atoms with van der Waals surface area (Å²) >= 11 is 0. The fourth-order valence-electron chi connectivity index (χ4n) is 4.63. The molecule has 0 radical (unpaired) electrons. The molecule has 0 aliphatic rings. The molecule has 0 rings (SSSR count). The third-order valence-electron chi connectivity index (χ3n) is 6.97. The number of aliphatic hydroxyl groups is 2. The van der Waals surface area contributed by atoms with Crippen LogP contribution in [0.3, 0.4) is 0 Å². The van der Waals surface area contributed by atoms with Crippen molar-refractivity contribution in [1.29, 1.82) is 0 Å². The van der Waals surface area contributed by atoms with Gasteiger partial charge in [-0.2, -0.15) is 0 Å². The highest BCUT2D eigenvalue weighted by atomic mass is 16.3. The minimum absolute atomic E-state index is 0.446.